The minimum Gasteiger partial charge on any atom is -0.481 e. The van der Waals surface area contributed by atoms with E-state index >= 15 is 0 Å². The molecule has 23 heavy (non-hydrogen) atoms. The van der Waals surface area contributed by atoms with E-state index in [4.69, 9.17) is 5.11 Å². The summed E-state index contributed by atoms with van der Waals surface area (Å²) in [5.41, 5.74) is 1.70. The monoisotopic (exact) mass is 317 g/mol. The second kappa shape index (κ2) is 7.06. The van der Waals surface area contributed by atoms with E-state index in [1.807, 2.05) is 0 Å². The van der Waals surface area contributed by atoms with Crippen molar-refractivity contribution in [1.29, 1.82) is 0 Å². The standard InChI is InChI=1S/C16H19N3O4/c1-18(10-14(20)13-7-8-17-19(13)2)16(23)12-5-3-11(4-6-12)9-15(21)22/h3-8,14,20H,9-10H2,1-2H3,(H,21,22). The molecule has 1 unspecified atom stereocenters. The molecule has 2 rings (SSSR count). The number of aryl methyl sites for hydroxylation is 1. The highest BCUT2D eigenvalue weighted by Crippen LogP contribution is 2.14. The van der Waals surface area contributed by atoms with Gasteiger partial charge in [-0.15, -0.1) is 0 Å². The third kappa shape index (κ3) is 4.17. The molecule has 1 atom stereocenters. The van der Waals surface area contributed by atoms with Crippen LogP contribution in [0.4, 0.5) is 0 Å². The van der Waals surface area contributed by atoms with Crippen molar-refractivity contribution in [3.8, 4) is 0 Å². The molecule has 0 fully saturated rings. The second-order valence-electron chi connectivity index (χ2n) is 5.35. The third-order valence-corrected chi connectivity index (χ3v) is 3.55. The van der Waals surface area contributed by atoms with Crippen molar-refractivity contribution in [3.05, 3.63) is 53.3 Å². The molecular weight excluding hydrogens is 298 g/mol. The number of aliphatic carboxylic acids is 1. The number of carbonyl (C=O) groups is 2. The number of carbonyl (C=O) groups excluding carboxylic acids is 1. The van der Waals surface area contributed by atoms with Gasteiger partial charge in [-0.25, -0.2) is 0 Å². The molecule has 1 aromatic carbocycles. The van der Waals surface area contributed by atoms with Crippen molar-refractivity contribution >= 4 is 11.9 Å². The summed E-state index contributed by atoms with van der Waals surface area (Å²) in [6.07, 6.45) is 0.674. The first-order valence-electron chi connectivity index (χ1n) is 7.10. The third-order valence-electron chi connectivity index (χ3n) is 3.55. The number of carboxylic acid groups (broad SMARTS) is 1. The molecule has 0 aliphatic heterocycles. The van der Waals surface area contributed by atoms with Crippen LogP contribution in [-0.4, -0.2) is 50.4 Å². The van der Waals surface area contributed by atoms with Crippen LogP contribution in [-0.2, 0) is 18.3 Å². The number of hydrogen-bond donors (Lipinski definition) is 2. The SMILES string of the molecule is CN(CC(O)c1ccnn1C)C(=O)c1ccc(CC(=O)O)cc1. The van der Waals surface area contributed by atoms with E-state index in [0.717, 1.165) is 0 Å². The minimum absolute atomic E-state index is 0.0798. The number of likely N-dealkylation sites (N-methyl/N-ethyl adjacent to an activating group) is 1. The number of aliphatic hydroxyl groups excluding tert-OH is 1. The van der Waals surface area contributed by atoms with Gasteiger partial charge in [-0.3, -0.25) is 14.3 Å². The van der Waals surface area contributed by atoms with E-state index in [9.17, 15) is 14.7 Å². The van der Waals surface area contributed by atoms with Crippen LogP contribution in [0.2, 0.25) is 0 Å². The van der Waals surface area contributed by atoms with Crippen molar-refractivity contribution in [3.63, 3.8) is 0 Å². The highest BCUT2D eigenvalue weighted by molar-refractivity contribution is 5.94. The van der Waals surface area contributed by atoms with Crippen LogP contribution in [0.15, 0.2) is 36.5 Å². The Morgan fingerprint density at radius 2 is 1.91 bits per heavy atom. The summed E-state index contributed by atoms with van der Waals surface area (Å²) in [5, 5.41) is 22.9. The molecule has 7 heteroatoms. The van der Waals surface area contributed by atoms with E-state index in [1.165, 1.54) is 4.90 Å². The van der Waals surface area contributed by atoms with Crippen LogP contribution in [0.25, 0.3) is 0 Å². The molecule has 2 aromatic rings. The lowest BCUT2D eigenvalue weighted by Crippen LogP contribution is -2.31. The Kier molecular flexibility index (Phi) is 5.13. The number of benzene rings is 1. The van der Waals surface area contributed by atoms with Gasteiger partial charge in [0.1, 0.15) is 6.10 Å². The quantitative estimate of drug-likeness (QED) is 0.823. The molecule has 122 valence electrons. The molecular formula is C16H19N3O4. The predicted octanol–water partition coefficient (Wildman–Crippen LogP) is 0.853. The Morgan fingerprint density at radius 1 is 1.26 bits per heavy atom. The van der Waals surface area contributed by atoms with Gasteiger partial charge >= 0.3 is 5.97 Å². The summed E-state index contributed by atoms with van der Waals surface area (Å²) in [6, 6.07) is 8.12. The lowest BCUT2D eigenvalue weighted by molar-refractivity contribution is -0.136. The molecule has 0 saturated heterocycles. The van der Waals surface area contributed by atoms with Crippen LogP contribution in [0.3, 0.4) is 0 Å². The summed E-state index contributed by atoms with van der Waals surface area (Å²) in [6.45, 7) is 0.134. The zero-order chi connectivity index (χ0) is 17.0. The molecule has 0 radical (unpaired) electrons. The van der Waals surface area contributed by atoms with Gasteiger partial charge in [0.25, 0.3) is 5.91 Å². The lowest BCUT2D eigenvalue weighted by atomic mass is 10.1. The fourth-order valence-corrected chi connectivity index (χ4v) is 2.31. The molecule has 7 nitrogen and oxygen atoms in total. The zero-order valence-electron chi connectivity index (χ0n) is 13.0. The number of aliphatic hydroxyl groups is 1. The number of hydrogen-bond acceptors (Lipinski definition) is 4. The van der Waals surface area contributed by atoms with Gasteiger partial charge in [0.2, 0.25) is 0 Å². The average Bonchev–Trinajstić information content (AvgIpc) is 2.93. The zero-order valence-corrected chi connectivity index (χ0v) is 13.0. The van der Waals surface area contributed by atoms with Gasteiger partial charge in [-0.1, -0.05) is 12.1 Å². The Balaban J connectivity index is 2.01. The lowest BCUT2D eigenvalue weighted by Gasteiger charge is -2.21. The van der Waals surface area contributed by atoms with Crippen LogP contribution >= 0.6 is 0 Å². The van der Waals surface area contributed by atoms with E-state index in [1.54, 1.807) is 55.3 Å². The van der Waals surface area contributed by atoms with Gasteiger partial charge in [0, 0.05) is 25.9 Å². The molecule has 0 spiro atoms. The molecule has 1 amide bonds. The maximum absolute atomic E-state index is 12.3. The first-order chi connectivity index (χ1) is 10.9. The van der Waals surface area contributed by atoms with E-state index in [-0.39, 0.29) is 18.9 Å². The predicted molar refractivity (Wildman–Crippen MR) is 82.9 cm³/mol. The summed E-state index contributed by atoms with van der Waals surface area (Å²) < 4.78 is 1.56. The number of rotatable bonds is 6. The van der Waals surface area contributed by atoms with Crippen molar-refractivity contribution < 1.29 is 19.8 Å². The number of aromatic nitrogens is 2. The van der Waals surface area contributed by atoms with Crippen molar-refractivity contribution in [2.75, 3.05) is 13.6 Å². The number of carboxylic acids is 1. The Hall–Kier alpha value is -2.67. The average molecular weight is 317 g/mol. The normalized spacial score (nSPS) is 12.0. The van der Waals surface area contributed by atoms with E-state index in [0.29, 0.717) is 16.8 Å². The first kappa shape index (κ1) is 16.7. The summed E-state index contributed by atoms with van der Waals surface area (Å²) in [4.78, 5) is 24.4. The summed E-state index contributed by atoms with van der Waals surface area (Å²) in [7, 11) is 3.33. The van der Waals surface area contributed by atoms with Gasteiger partial charge in [0.15, 0.2) is 0 Å². The largest absolute Gasteiger partial charge is 0.481 e. The molecule has 1 heterocycles. The highest BCUT2D eigenvalue weighted by Gasteiger charge is 2.18. The Morgan fingerprint density at radius 3 is 2.43 bits per heavy atom. The molecule has 0 bridgehead atoms. The van der Waals surface area contributed by atoms with Gasteiger partial charge in [0.05, 0.1) is 18.7 Å². The van der Waals surface area contributed by atoms with Crippen LogP contribution in [0.5, 0.6) is 0 Å². The molecule has 2 N–H and O–H groups in total. The first-order valence-corrected chi connectivity index (χ1v) is 7.10. The Labute approximate surface area is 133 Å². The van der Waals surface area contributed by atoms with Crippen LogP contribution in [0.1, 0.15) is 27.7 Å². The smallest absolute Gasteiger partial charge is 0.307 e. The van der Waals surface area contributed by atoms with E-state index < -0.39 is 12.1 Å². The topological polar surface area (TPSA) is 95.7 Å². The fraction of sp³-hybridized carbons (Fsp3) is 0.312. The summed E-state index contributed by atoms with van der Waals surface area (Å²) >= 11 is 0. The van der Waals surface area contributed by atoms with Gasteiger partial charge in [-0.05, 0) is 23.8 Å². The van der Waals surface area contributed by atoms with Gasteiger partial charge < -0.3 is 15.1 Å². The molecule has 0 saturated carbocycles. The van der Waals surface area contributed by atoms with Gasteiger partial charge in [-0.2, -0.15) is 5.10 Å². The highest BCUT2D eigenvalue weighted by atomic mass is 16.4. The molecule has 0 aliphatic carbocycles. The van der Waals surface area contributed by atoms with Crippen molar-refractivity contribution in [2.45, 2.75) is 12.5 Å². The number of nitrogens with zero attached hydrogens (tertiary/aromatic N) is 3. The Bertz CT molecular complexity index is 694. The number of amides is 1. The van der Waals surface area contributed by atoms with E-state index in [2.05, 4.69) is 5.10 Å². The minimum atomic E-state index is -0.916. The van der Waals surface area contributed by atoms with Crippen LogP contribution < -0.4 is 0 Å². The van der Waals surface area contributed by atoms with Crippen LogP contribution in [0, 0.1) is 0 Å². The summed E-state index contributed by atoms with van der Waals surface area (Å²) in [5.74, 6) is -1.16. The van der Waals surface area contributed by atoms with Crippen molar-refractivity contribution in [1.82, 2.24) is 14.7 Å². The van der Waals surface area contributed by atoms with Crippen molar-refractivity contribution in [2.24, 2.45) is 7.05 Å². The second-order valence-corrected chi connectivity index (χ2v) is 5.35. The fourth-order valence-electron chi connectivity index (χ4n) is 2.31. The maximum atomic E-state index is 12.3. The molecule has 0 aliphatic rings. The molecule has 1 aromatic heterocycles. The maximum Gasteiger partial charge on any atom is 0.307 e.